The van der Waals surface area contributed by atoms with Crippen molar-refractivity contribution in [1.82, 2.24) is 0 Å². The molecule has 0 heterocycles. The van der Waals surface area contributed by atoms with E-state index in [1.54, 1.807) is 0 Å². The molecule has 1 nitrogen and oxygen atoms in total. The first kappa shape index (κ1) is 13.9. The number of fused-ring (bicyclic) bond motifs is 1. The third-order valence-electron chi connectivity index (χ3n) is 4.19. The van der Waals surface area contributed by atoms with Crippen molar-refractivity contribution in [3.63, 3.8) is 0 Å². The van der Waals surface area contributed by atoms with E-state index in [2.05, 4.69) is 24.3 Å². The number of benzene rings is 2. The van der Waals surface area contributed by atoms with E-state index in [-0.39, 0.29) is 6.04 Å². The summed E-state index contributed by atoms with van der Waals surface area (Å²) in [5.74, 6) is 0.472. The summed E-state index contributed by atoms with van der Waals surface area (Å²) in [6.07, 6.45) is 2.84. The monoisotopic (exact) mass is 305 g/mol. The van der Waals surface area contributed by atoms with Crippen molar-refractivity contribution < 1.29 is 0 Å². The zero-order valence-electron chi connectivity index (χ0n) is 11.2. The SMILES string of the molecule is NC(Cc1c(Cl)cccc1Cl)C1Cc2ccccc2C1. The minimum Gasteiger partial charge on any atom is -0.327 e. The molecule has 2 aromatic rings. The van der Waals surface area contributed by atoms with Gasteiger partial charge in [-0.15, -0.1) is 0 Å². The largest absolute Gasteiger partial charge is 0.327 e. The van der Waals surface area contributed by atoms with Gasteiger partial charge in [0.1, 0.15) is 0 Å². The predicted octanol–water partition coefficient (Wildman–Crippen LogP) is 4.28. The van der Waals surface area contributed by atoms with Crippen molar-refractivity contribution in [3.8, 4) is 0 Å². The lowest BCUT2D eigenvalue weighted by Gasteiger charge is -2.20. The average Bonchev–Trinajstić information content (AvgIpc) is 2.87. The predicted molar refractivity (Wildman–Crippen MR) is 85.5 cm³/mol. The van der Waals surface area contributed by atoms with Crippen LogP contribution in [-0.2, 0) is 19.3 Å². The second-order valence-electron chi connectivity index (χ2n) is 5.51. The molecular formula is C17H17Cl2N. The first-order valence-electron chi connectivity index (χ1n) is 6.90. The molecule has 2 N–H and O–H groups in total. The van der Waals surface area contributed by atoms with Gasteiger partial charge in [0.2, 0.25) is 0 Å². The minimum absolute atomic E-state index is 0.0831. The van der Waals surface area contributed by atoms with Crippen LogP contribution in [0, 0.1) is 5.92 Å². The lowest BCUT2D eigenvalue weighted by atomic mass is 9.92. The fourth-order valence-electron chi connectivity index (χ4n) is 3.03. The maximum Gasteiger partial charge on any atom is 0.0453 e. The van der Waals surface area contributed by atoms with E-state index >= 15 is 0 Å². The Morgan fingerprint density at radius 2 is 1.50 bits per heavy atom. The van der Waals surface area contributed by atoms with E-state index < -0.39 is 0 Å². The van der Waals surface area contributed by atoms with Gasteiger partial charge in [-0.2, -0.15) is 0 Å². The summed E-state index contributed by atoms with van der Waals surface area (Å²) >= 11 is 12.5. The summed E-state index contributed by atoms with van der Waals surface area (Å²) in [6.45, 7) is 0. The zero-order chi connectivity index (χ0) is 14.1. The summed E-state index contributed by atoms with van der Waals surface area (Å²) in [5, 5.41) is 1.42. The maximum absolute atomic E-state index is 6.41. The Labute approximate surface area is 129 Å². The molecule has 0 amide bonds. The topological polar surface area (TPSA) is 26.0 Å². The molecule has 3 heteroatoms. The fraction of sp³-hybridized carbons (Fsp3) is 0.294. The Bertz CT molecular complexity index is 579. The Kier molecular flexibility index (Phi) is 4.02. The van der Waals surface area contributed by atoms with Crippen molar-refractivity contribution in [2.24, 2.45) is 11.7 Å². The molecule has 1 atom stereocenters. The first-order valence-corrected chi connectivity index (χ1v) is 7.66. The van der Waals surface area contributed by atoms with Crippen LogP contribution in [0.5, 0.6) is 0 Å². The van der Waals surface area contributed by atoms with E-state index in [0.29, 0.717) is 16.0 Å². The lowest BCUT2D eigenvalue weighted by Crippen LogP contribution is -2.33. The molecule has 0 aliphatic heterocycles. The van der Waals surface area contributed by atoms with Gasteiger partial charge in [-0.3, -0.25) is 0 Å². The van der Waals surface area contributed by atoms with E-state index in [9.17, 15) is 0 Å². The molecule has 3 rings (SSSR count). The Morgan fingerprint density at radius 3 is 2.05 bits per heavy atom. The van der Waals surface area contributed by atoms with E-state index in [1.165, 1.54) is 11.1 Å². The van der Waals surface area contributed by atoms with Gasteiger partial charge in [-0.1, -0.05) is 53.5 Å². The number of nitrogens with two attached hydrogens (primary N) is 1. The molecule has 0 aromatic heterocycles. The van der Waals surface area contributed by atoms with E-state index in [4.69, 9.17) is 28.9 Å². The van der Waals surface area contributed by atoms with Crippen LogP contribution in [0.4, 0.5) is 0 Å². The van der Waals surface area contributed by atoms with Gasteiger partial charge in [0.05, 0.1) is 0 Å². The van der Waals surface area contributed by atoms with Gasteiger partial charge in [0.15, 0.2) is 0 Å². The highest BCUT2D eigenvalue weighted by atomic mass is 35.5. The first-order chi connectivity index (χ1) is 9.65. The van der Waals surface area contributed by atoms with Crippen molar-refractivity contribution >= 4 is 23.2 Å². The van der Waals surface area contributed by atoms with Crippen molar-refractivity contribution in [2.45, 2.75) is 25.3 Å². The number of hydrogen-bond donors (Lipinski definition) is 1. The molecule has 1 unspecified atom stereocenters. The van der Waals surface area contributed by atoms with Crippen LogP contribution in [0.25, 0.3) is 0 Å². The van der Waals surface area contributed by atoms with Crippen LogP contribution < -0.4 is 5.73 Å². The smallest absolute Gasteiger partial charge is 0.0453 e. The van der Waals surface area contributed by atoms with Gasteiger partial charge < -0.3 is 5.73 Å². The molecule has 0 radical (unpaired) electrons. The average molecular weight is 306 g/mol. The molecule has 20 heavy (non-hydrogen) atoms. The molecule has 2 aromatic carbocycles. The number of hydrogen-bond acceptors (Lipinski definition) is 1. The Hall–Kier alpha value is -1.02. The Morgan fingerprint density at radius 1 is 0.950 bits per heavy atom. The molecule has 0 fully saturated rings. The van der Waals surface area contributed by atoms with Gasteiger partial charge in [0.25, 0.3) is 0 Å². The molecule has 104 valence electrons. The summed E-state index contributed by atoms with van der Waals surface area (Å²) in [6, 6.07) is 14.3. The van der Waals surface area contributed by atoms with Crippen molar-refractivity contribution in [2.75, 3.05) is 0 Å². The van der Waals surface area contributed by atoms with E-state index in [1.807, 2.05) is 18.2 Å². The fourth-order valence-corrected chi connectivity index (χ4v) is 3.58. The second kappa shape index (κ2) is 5.77. The molecule has 0 bridgehead atoms. The maximum atomic E-state index is 6.41. The summed E-state index contributed by atoms with van der Waals surface area (Å²) < 4.78 is 0. The number of halogens is 2. The van der Waals surface area contributed by atoms with Crippen LogP contribution in [0.3, 0.4) is 0 Å². The van der Waals surface area contributed by atoms with Crippen LogP contribution in [-0.4, -0.2) is 6.04 Å². The third-order valence-corrected chi connectivity index (χ3v) is 4.90. The van der Waals surface area contributed by atoms with Gasteiger partial charge >= 0.3 is 0 Å². The molecule has 1 aliphatic carbocycles. The second-order valence-corrected chi connectivity index (χ2v) is 6.32. The molecule has 0 saturated heterocycles. The standard InChI is InChI=1S/C17H17Cl2N/c18-15-6-3-7-16(19)14(15)10-17(20)13-8-11-4-1-2-5-12(11)9-13/h1-7,13,17H,8-10,20H2. The minimum atomic E-state index is 0.0831. The van der Waals surface area contributed by atoms with Crippen LogP contribution >= 0.6 is 23.2 Å². The highest BCUT2D eigenvalue weighted by Gasteiger charge is 2.27. The van der Waals surface area contributed by atoms with Gasteiger partial charge in [-0.05, 0) is 54.0 Å². The van der Waals surface area contributed by atoms with Crippen molar-refractivity contribution in [1.29, 1.82) is 0 Å². The van der Waals surface area contributed by atoms with Crippen LogP contribution in [0.1, 0.15) is 16.7 Å². The van der Waals surface area contributed by atoms with Crippen LogP contribution in [0.2, 0.25) is 10.0 Å². The number of rotatable bonds is 3. The summed E-state index contributed by atoms with van der Waals surface area (Å²) in [5.41, 5.74) is 10.2. The van der Waals surface area contributed by atoms with Gasteiger partial charge in [0, 0.05) is 16.1 Å². The molecule has 1 aliphatic rings. The highest BCUT2D eigenvalue weighted by Crippen LogP contribution is 2.31. The summed E-state index contributed by atoms with van der Waals surface area (Å²) in [4.78, 5) is 0. The third kappa shape index (κ3) is 2.71. The normalized spacial score (nSPS) is 16.1. The Balaban J connectivity index is 1.74. The zero-order valence-corrected chi connectivity index (χ0v) is 12.7. The quantitative estimate of drug-likeness (QED) is 0.900. The lowest BCUT2D eigenvalue weighted by molar-refractivity contribution is 0.437. The molecular weight excluding hydrogens is 289 g/mol. The summed E-state index contributed by atoms with van der Waals surface area (Å²) in [7, 11) is 0. The highest BCUT2D eigenvalue weighted by molar-refractivity contribution is 6.36. The van der Waals surface area contributed by atoms with Gasteiger partial charge in [-0.25, -0.2) is 0 Å². The molecule has 0 saturated carbocycles. The van der Waals surface area contributed by atoms with Crippen LogP contribution in [0.15, 0.2) is 42.5 Å². The van der Waals surface area contributed by atoms with E-state index in [0.717, 1.165) is 24.8 Å². The van der Waals surface area contributed by atoms with Crippen molar-refractivity contribution in [3.05, 3.63) is 69.2 Å². The molecule has 0 spiro atoms.